The van der Waals surface area contributed by atoms with Gasteiger partial charge in [-0.2, -0.15) is 5.11 Å². The van der Waals surface area contributed by atoms with Crippen molar-refractivity contribution in [3.05, 3.63) is 59.5 Å². The van der Waals surface area contributed by atoms with Crippen LogP contribution in [0.1, 0.15) is 23.0 Å². The molecule has 3 rings (SSSR count). The summed E-state index contributed by atoms with van der Waals surface area (Å²) in [6.07, 6.45) is 2.30. The van der Waals surface area contributed by atoms with Crippen LogP contribution in [-0.4, -0.2) is 24.2 Å². The van der Waals surface area contributed by atoms with Gasteiger partial charge in [-0.1, -0.05) is 6.07 Å². The highest BCUT2D eigenvalue weighted by Gasteiger charge is 2.17. The molecule has 2 aromatic heterocycles. The van der Waals surface area contributed by atoms with Crippen LogP contribution in [0.25, 0.3) is 10.9 Å². The Morgan fingerprint density at radius 3 is 2.68 bits per heavy atom. The molecule has 1 N–H and O–H groups in total. The predicted molar refractivity (Wildman–Crippen MR) is 95.4 cm³/mol. The number of hydrogen-bond acceptors (Lipinski definition) is 6. The van der Waals surface area contributed by atoms with Crippen molar-refractivity contribution in [3.8, 4) is 11.5 Å². The highest BCUT2D eigenvalue weighted by atomic mass is 16.5. The summed E-state index contributed by atoms with van der Waals surface area (Å²) in [6.45, 7) is 1.93. The normalized spacial score (nSPS) is 12.0. The van der Waals surface area contributed by atoms with Gasteiger partial charge in [0.1, 0.15) is 23.1 Å². The molecule has 0 amide bonds. The van der Waals surface area contributed by atoms with E-state index in [0.29, 0.717) is 17.9 Å². The summed E-state index contributed by atoms with van der Waals surface area (Å²) in [5.41, 5.74) is 11.1. The first-order valence-corrected chi connectivity index (χ1v) is 7.96. The number of aromatic nitrogens is 2. The molecule has 3 aromatic rings. The Hall–Kier alpha value is -3.02. The number of nitrogens with zero attached hydrogens (tertiary/aromatic N) is 3. The maximum Gasteiger partial charge on any atom is 0.148 e. The van der Waals surface area contributed by atoms with Crippen LogP contribution in [0, 0.1) is 12.5 Å². The van der Waals surface area contributed by atoms with Gasteiger partial charge in [-0.15, -0.1) is 0 Å². The van der Waals surface area contributed by atoms with E-state index in [0.717, 1.165) is 27.9 Å². The van der Waals surface area contributed by atoms with Crippen molar-refractivity contribution < 1.29 is 9.47 Å². The maximum absolute atomic E-state index is 7.60. The molecule has 1 atom stereocenters. The lowest BCUT2D eigenvalue weighted by atomic mass is 9.99. The minimum Gasteiger partial charge on any atom is -0.497 e. The van der Waals surface area contributed by atoms with E-state index in [1.807, 2.05) is 43.3 Å². The number of pyridine rings is 2. The molecule has 25 heavy (non-hydrogen) atoms. The summed E-state index contributed by atoms with van der Waals surface area (Å²) >= 11 is 0. The molecule has 2 heterocycles. The number of rotatable bonds is 6. The summed E-state index contributed by atoms with van der Waals surface area (Å²) in [5, 5.41) is 4.72. The number of benzene rings is 1. The van der Waals surface area contributed by atoms with Crippen LogP contribution in [-0.2, 0) is 6.42 Å². The number of nitrogens with one attached hydrogen (secondary N) is 1. The van der Waals surface area contributed by atoms with E-state index in [4.69, 9.17) is 15.0 Å². The quantitative estimate of drug-likeness (QED) is 0.682. The third kappa shape index (κ3) is 3.42. The predicted octanol–water partition coefficient (Wildman–Crippen LogP) is 4.27. The second kappa shape index (κ2) is 7.25. The molecule has 1 aromatic carbocycles. The number of methoxy groups -OCH3 is 2. The molecule has 0 aliphatic heterocycles. The van der Waals surface area contributed by atoms with Gasteiger partial charge in [-0.3, -0.25) is 9.97 Å². The highest BCUT2D eigenvalue weighted by molar-refractivity contribution is 5.89. The first-order chi connectivity index (χ1) is 12.2. The largest absolute Gasteiger partial charge is 0.497 e. The zero-order valence-electron chi connectivity index (χ0n) is 14.5. The van der Waals surface area contributed by atoms with Crippen LogP contribution in [0.4, 0.5) is 0 Å². The van der Waals surface area contributed by atoms with Gasteiger partial charge in [0.05, 0.1) is 19.9 Å². The summed E-state index contributed by atoms with van der Waals surface area (Å²) in [6, 6.07) is 11.1. The molecule has 0 bridgehead atoms. The second-order valence-corrected chi connectivity index (χ2v) is 5.75. The molecule has 6 nitrogen and oxygen atoms in total. The fraction of sp³-hybridized carbons (Fsp3) is 0.263. The van der Waals surface area contributed by atoms with E-state index in [1.54, 1.807) is 20.4 Å². The minimum atomic E-state index is -0.345. The second-order valence-electron chi connectivity index (χ2n) is 5.75. The molecule has 0 aliphatic carbocycles. The van der Waals surface area contributed by atoms with Crippen molar-refractivity contribution in [2.24, 2.45) is 5.11 Å². The average Bonchev–Trinajstić information content (AvgIpc) is 2.65. The van der Waals surface area contributed by atoms with E-state index in [1.165, 1.54) is 0 Å². The van der Waals surface area contributed by atoms with Gasteiger partial charge in [0, 0.05) is 29.8 Å². The molecular weight excluding hydrogens is 316 g/mol. The van der Waals surface area contributed by atoms with Gasteiger partial charge in [-0.05, 0) is 36.8 Å². The number of ether oxygens (including phenoxy) is 2. The number of aryl methyl sites for hydroxylation is 1. The molecular formula is C19H20N4O2. The van der Waals surface area contributed by atoms with Crippen LogP contribution in [0.2, 0.25) is 0 Å². The Kier molecular flexibility index (Phi) is 4.88. The highest BCUT2D eigenvalue weighted by Crippen LogP contribution is 2.33. The van der Waals surface area contributed by atoms with E-state index in [-0.39, 0.29) is 6.04 Å². The lowest BCUT2D eigenvalue weighted by Crippen LogP contribution is -2.04. The smallest absolute Gasteiger partial charge is 0.148 e. The zero-order valence-corrected chi connectivity index (χ0v) is 14.5. The molecule has 128 valence electrons. The molecule has 0 saturated carbocycles. The van der Waals surface area contributed by atoms with E-state index in [2.05, 4.69) is 15.1 Å². The SMILES string of the molecule is COc1cc(OC)c2nccc(CC(N=N)c3cccc(C)n3)c2c1. The van der Waals surface area contributed by atoms with Gasteiger partial charge < -0.3 is 9.47 Å². The summed E-state index contributed by atoms with van der Waals surface area (Å²) < 4.78 is 10.8. The fourth-order valence-electron chi connectivity index (χ4n) is 2.88. The van der Waals surface area contributed by atoms with Gasteiger partial charge in [0.15, 0.2) is 0 Å². The Balaban J connectivity index is 2.07. The monoisotopic (exact) mass is 336 g/mol. The average molecular weight is 336 g/mol. The zero-order chi connectivity index (χ0) is 17.8. The van der Waals surface area contributed by atoms with Gasteiger partial charge in [0.2, 0.25) is 0 Å². The minimum absolute atomic E-state index is 0.345. The van der Waals surface area contributed by atoms with Crippen molar-refractivity contribution >= 4 is 10.9 Å². The molecule has 0 aliphatic rings. The van der Waals surface area contributed by atoms with Crippen LogP contribution >= 0.6 is 0 Å². The molecule has 0 radical (unpaired) electrons. The summed E-state index contributed by atoms with van der Waals surface area (Å²) in [4.78, 5) is 8.94. The molecule has 0 saturated heterocycles. The van der Waals surface area contributed by atoms with Crippen molar-refractivity contribution in [1.29, 1.82) is 5.53 Å². The maximum atomic E-state index is 7.60. The van der Waals surface area contributed by atoms with Gasteiger partial charge in [0.25, 0.3) is 0 Å². The van der Waals surface area contributed by atoms with Crippen LogP contribution in [0.5, 0.6) is 11.5 Å². The third-order valence-corrected chi connectivity index (χ3v) is 4.15. The first-order valence-electron chi connectivity index (χ1n) is 7.96. The van der Waals surface area contributed by atoms with Crippen molar-refractivity contribution in [1.82, 2.24) is 9.97 Å². The number of fused-ring (bicyclic) bond motifs is 1. The van der Waals surface area contributed by atoms with E-state index < -0.39 is 0 Å². The fourth-order valence-corrected chi connectivity index (χ4v) is 2.88. The lowest BCUT2D eigenvalue weighted by Gasteiger charge is -2.14. The van der Waals surface area contributed by atoms with Crippen molar-refractivity contribution in [3.63, 3.8) is 0 Å². The van der Waals surface area contributed by atoms with Gasteiger partial charge >= 0.3 is 0 Å². The van der Waals surface area contributed by atoms with Crippen LogP contribution in [0.15, 0.2) is 47.7 Å². The van der Waals surface area contributed by atoms with Crippen LogP contribution in [0.3, 0.4) is 0 Å². The van der Waals surface area contributed by atoms with Crippen molar-refractivity contribution in [2.75, 3.05) is 14.2 Å². The van der Waals surface area contributed by atoms with E-state index in [9.17, 15) is 0 Å². The van der Waals surface area contributed by atoms with E-state index >= 15 is 0 Å². The molecule has 6 heteroatoms. The summed E-state index contributed by atoms with van der Waals surface area (Å²) in [5.74, 6) is 1.36. The topological polar surface area (TPSA) is 80.5 Å². The lowest BCUT2D eigenvalue weighted by molar-refractivity contribution is 0.397. The summed E-state index contributed by atoms with van der Waals surface area (Å²) in [7, 11) is 3.23. The van der Waals surface area contributed by atoms with Crippen molar-refractivity contribution in [2.45, 2.75) is 19.4 Å². The molecule has 1 unspecified atom stereocenters. The third-order valence-electron chi connectivity index (χ3n) is 4.15. The Labute approximate surface area is 146 Å². The Bertz CT molecular complexity index is 911. The van der Waals surface area contributed by atoms with Crippen LogP contribution < -0.4 is 9.47 Å². The Morgan fingerprint density at radius 1 is 1.16 bits per heavy atom. The number of hydrogen-bond donors (Lipinski definition) is 1. The Morgan fingerprint density at radius 2 is 2.00 bits per heavy atom. The first kappa shape index (κ1) is 16.8. The van der Waals surface area contributed by atoms with Gasteiger partial charge in [-0.25, -0.2) is 5.53 Å². The standard InChI is InChI=1S/C19H20N4O2/c1-12-5-4-6-16(22-12)17(23-20)9-13-7-8-21-19-15(13)10-14(24-2)11-18(19)25-3/h4-8,10-11,17,20H,9H2,1-3H3. The molecule has 0 fully saturated rings. The molecule has 0 spiro atoms.